The third-order valence-electron chi connectivity index (χ3n) is 2.48. The topological polar surface area (TPSA) is 46.2 Å². The molecular weight excluding hydrogens is 286 g/mol. The van der Waals surface area contributed by atoms with Gasteiger partial charge in [-0.05, 0) is 36.1 Å². The van der Waals surface area contributed by atoms with E-state index in [1.54, 1.807) is 11.3 Å². The van der Waals surface area contributed by atoms with Crippen molar-refractivity contribution >= 4 is 27.3 Å². The van der Waals surface area contributed by atoms with Gasteiger partial charge >= 0.3 is 0 Å². The van der Waals surface area contributed by atoms with Crippen LogP contribution in [-0.4, -0.2) is 5.11 Å². The summed E-state index contributed by atoms with van der Waals surface area (Å²) in [5.74, 6) is 0.282. The standard InChI is InChI=1S/C12H12BrNOS/c1-7-5-8(13)6-9(12(7)15)11(14)10-3-2-4-16-10/h2-6,11,15H,14H2,1H3/t11-/m1/s1. The van der Waals surface area contributed by atoms with Crippen molar-refractivity contribution in [2.24, 2.45) is 5.73 Å². The number of rotatable bonds is 2. The molecule has 1 aromatic heterocycles. The van der Waals surface area contributed by atoms with Gasteiger partial charge in [-0.25, -0.2) is 0 Å². The van der Waals surface area contributed by atoms with Crippen molar-refractivity contribution in [1.29, 1.82) is 0 Å². The van der Waals surface area contributed by atoms with Crippen LogP contribution in [0.2, 0.25) is 0 Å². The first kappa shape index (κ1) is 11.6. The van der Waals surface area contributed by atoms with Crippen LogP contribution >= 0.6 is 27.3 Å². The Morgan fingerprint density at radius 2 is 2.19 bits per heavy atom. The number of aryl methyl sites for hydroxylation is 1. The Bertz CT molecular complexity index is 496. The van der Waals surface area contributed by atoms with Crippen molar-refractivity contribution in [3.8, 4) is 5.75 Å². The maximum absolute atomic E-state index is 10.00. The molecule has 1 aromatic carbocycles. The van der Waals surface area contributed by atoms with Crippen LogP contribution in [0.15, 0.2) is 34.1 Å². The SMILES string of the molecule is Cc1cc(Br)cc([C@@H](N)c2cccs2)c1O. The highest BCUT2D eigenvalue weighted by molar-refractivity contribution is 9.10. The Hall–Kier alpha value is -0.840. The fourth-order valence-corrected chi connectivity index (χ4v) is 2.95. The molecule has 3 N–H and O–H groups in total. The number of benzene rings is 1. The van der Waals surface area contributed by atoms with E-state index < -0.39 is 0 Å². The summed E-state index contributed by atoms with van der Waals surface area (Å²) in [6, 6.07) is 7.41. The van der Waals surface area contributed by atoms with Crippen molar-refractivity contribution < 1.29 is 5.11 Å². The molecule has 0 saturated heterocycles. The van der Waals surface area contributed by atoms with E-state index in [-0.39, 0.29) is 11.8 Å². The van der Waals surface area contributed by atoms with E-state index in [0.717, 1.165) is 20.5 Å². The minimum Gasteiger partial charge on any atom is -0.507 e. The van der Waals surface area contributed by atoms with Crippen molar-refractivity contribution in [3.05, 3.63) is 50.1 Å². The highest BCUT2D eigenvalue weighted by Gasteiger charge is 2.16. The highest BCUT2D eigenvalue weighted by Crippen LogP contribution is 2.34. The molecule has 84 valence electrons. The van der Waals surface area contributed by atoms with Gasteiger partial charge in [0.2, 0.25) is 0 Å². The van der Waals surface area contributed by atoms with Crippen LogP contribution in [0.5, 0.6) is 5.75 Å². The summed E-state index contributed by atoms with van der Waals surface area (Å²) < 4.78 is 0.935. The molecule has 0 fully saturated rings. The molecule has 0 radical (unpaired) electrons. The molecule has 1 atom stereocenters. The summed E-state index contributed by atoms with van der Waals surface area (Å²) in [5.41, 5.74) is 7.72. The Morgan fingerprint density at radius 1 is 1.44 bits per heavy atom. The largest absolute Gasteiger partial charge is 0.507 e. The highest BCUT2D eigenvalue weighted by atomic mass is 79.9. The molecule has 0 aliphatic heterocycles. The summed E-state index contributed by atoms with van der Waals surface area (Å²) in [6.07, 6.45) is 0. The Labute approximate surface area is 107 Å². The zero-order valence-corrected chi connectivity index (χ0v) is 11.2. The second-order valence-corrected chi connectivity index (χ2v) is 5.55. The molecule has 16 heavy (non-hydrogen) atoms. The van der Waals surface area contributed by atoms with E-state index in [2.05, 4.69) is 15.9 Å². The van der Waals surface area contributed by atoms with Crippen LogP contribution in [0.1, 0.15) is 22.0 Å². The van der Waals surface area contributed by atoms with E-state index in [1.807, 2.05) is 36.6 Å². The summed E-state index contributed by atoms with van der Waals surface area (Å²) in [6.45, 7) is 1.87. The van der Waals surface area contributed by atoms with Gasteiger partial charge in [0, 0.05) is 14.9 Å². The second-order valence-electron chi connectivity index (χ2n) is 3.65. The molecule has 0 saturated carbocycles. The van der Waals surface area contributed by atoms with Crippen LogP contribution in [0.25, 0.3) is 0 Å². The van der Waals surface area contributed by atoms with Gasteiger partial charge in [0.05, 0.1) is 6.04 Å². The summed E-state index contributed by atoms with van der Waals surface area (Å²) in [7, 11) is 0. The maximum Gasteiger partial charge on any atom is 0.123 e. The lowest BCUT2D eigenvalue weighted by molar-refractivity contribution is 0.461. The van der Waals surface area contributed by atoms with Gasteiger partial charge in [0.25, 0.3) is 0 Å². The normalized spacial score (nSPS) is 12.7. The fraction of sp³-hybridized carbons (Fsp3) is 0.167. The number of thiophene rings is 1. The van der Waals surface area contributed by atoms with E-state index in [9.17, 15) is 5.11 Å². The Morgan fingerprint density at radius 3 is 2.81 bits per heavy atom. The predicted molar refractivity (Wildman–Crippen MR) is 70.9 cm³/mol. The summed E-state index contributed by atoms with van der Waals surface area (Å²) >= 11 is 5.01. The van der Waals surface area contributed by atoms with Gasteiger partial charge in [-0.15, -0.1) is 11.3 Å². The molecule has 0 unspecified atom stereocenters. The average Bonchev–Trinajstić information content (AvgIpc) is 2.75. The van der Waals surface area contributed by atoms with Crippen molar-refractivity contribution in [2.45, 2.75) is 13.0 Å². The first-order valence-corrected chi connectivity index (χ1v) is 6.55. The minimum atomic E-state index is -0.267. The van der Waals surface area contributed by atoms with Gasteiger partial charge in [-0.1, -0.05) is 22.0 Å². The number of phenolic OH excluding ortho intramolecular Hbond substituents is 1. The number of phenols is 1. The Balaban J connectivity index is 2.48. The Kier molecular flexibility index (Phi) is 3.33. The molecular formula is C12H12BrNOS. The number of aromatic hydroxyl groups is 1. The fourth-order valence-electron chi connectivity index (χ4n) is 1.62. The van der Waals surface area contributed by atoms with Gasteiger partial charge < -0.3 is 10.8 Å². The molecule has 2 aromatic rings. The van der Waals surface area contributed by atoms with Crippen molar-refractivity contribution in [3.63, 3.8) is 0 Å². The second kappa shape index (κ2) is 4.57. The van der Waals surface area contributed by atoms with Crippen LogP contribution in [0.3, 0.4) is 0 Å². The van der Waals surface area contributed by atoms with Crippen LogP contribution < -0.4 is 5.73 Å². The van der Waals surface area contributed by atoms with Crippen molar-refractivity contribution in [1.82, 2.24) is 0 Å². The summed E-state index contributed by atoms with van der Waals surface area (Å²) in [4.78, 5) is 1.05. The van der Waals surface area contributed by atoms with E-state index in [4.69, 9.17) is 5.73 Å². The number of nitrogens with two attached hydrogens (primary N) is 1. The molecule has 0 bridgehead atoms. The van der Waals surface area contributed by atoms with Gasteiger partial charge in [-0.2, -0.15) is 0 Å². The monoisotopic (exact) mass is 297 g/mol. The third kappa shape index (κ3) is 2.14. The first-order valence-electron chi connectivity index (χ1n) is 4.87. The molecule has 0 aliphatic rings. The lowest BCUT2D eigenvalue weighted by atomic mass is 10.0. The van der Waals surface area contributed by atoms with Crippen molar-refractivity contribution in [2.75, 3.05) is 0 Å². The van der Waals surface area contributed by atoms with Crippen LogP contribution in [0.4, 0.5) is 0 Å². The lowest BCUT2D eigenvalue weighted by Crippen LogP contribution is -2.10. The molecule has 0 spiro atoms. The van der Waals surface area contributed by atoms with Crippen LogP contribution in [-0.2, 0) is 0 Å². The molecule has 0 amide bonds. The van der Waals surface area contributed by atoms with Gasteiger partial charge in [0.15, 0.2) is 0 Å². The van der Waals surface area contributed by atoms with E-state index in [0.29, 0.717) is 0 Å². The number of halogens is 1. The first-order chi connectivity index (χ1) is 7.59. The molecule has 2 rings (SSSR count). The smallest absolute Gasteiger partial charge is 0.123 e. The quantitative estimate of drug-likeness (QED) is 0.890. The average molecular weight is 298 g/mol. The van der Waals surface area contributed by atoms with Gasteiger partial charge in [-0.3, -0.25) is 0 Å². The summed E-state index contributed by atoms with van der Waals surface area (Å²) in [5, 5.41) is 12.0. The predicted octanol–water partition coefficient (Wildman–Crippen LogP) is 3.57. The molecule has 1 heterocycles. The third-order valence-corrected chi connectivity index (χ3v) is 3.89. The molecule has 0 aliphatic carbocycles. The zero-order valence-electron chi connectivity index (χ0n) is 8.77. The maximum atomic E-state index is 10.00. The molecule has 2 nitrogen and oxygen atoms in total. The van der Waals surface area contributed by atoms with Crippen LogP contribution in [0, 0.1) is 6.92 Å². The number of hydrogen-bond acceptors (Lipinski definition) is 3. The minimum absolute atomic E-state index is 0.267. The zero-order chi connectivity index (χ0) is 11.7. The molecule has 4 heteroatoms. The van der Waals surface area contributed by atoms with E-state index in [1.165, 1.54) is 0 Å². The lowest BCUT2D eigenvalue weighted by Gasteiger charge is -2.14. The van der Waals surface area contributed by atoms with E-state index >= 15 is 0 Å². The van der Waals surface area contributed by atoms with Gasteiger partial charge in [0.1, 0.15) is 5.75 Å². The number of hydrogen-bond donors (Lipinski definition) is 2.